The summed E-state index contributed by atoms with van der Waals surface area (Å²) < 4.78 is 29.3. The van der Waals surface area contributed by atoms with Gasteiger partial charge in [0.15, 0.2) is 6.29 Å². The average Bonchev–Trinajstić information content (AvgIpc) is 3.45. The van der Waals surface area contributed by atoms with Gasteiger partial charge in [-0.3, -0.25) is 9.59 Å². The van der Waals surface area contributed by atoms with Gasteiger partial charge >= 0.3 is 11.9 Å². The smallest absolute Gasteiger partial charge is 0.341 e. The second-order valence-corrected chi connectivity index (χ2v) is 21.3. The van der Waals surface area contributed by atoms with Gasteiger partial charge in [-0.2, -0.15) is 0 Å². The second kappa shape index (κ2) is 45.1. The SMILES string of the molecule is CC.CC.CC.CC.CC1CC[C@@H](O)C(C)(O)C[C@@H](C)/C(=N\O)[C@H](C)[C@@H](O)C(O)COC1=O.CC1C[C@H](O)OC(C)[C@@H]1OSCCNCCCc1cc2c3c(c1)c(=O)c(C(=O)O)cn3C(C)(C)OC2.CNC.CO.C[C@@H]1CCC(O)CO1. The molecule has 482 valence electrons. The van der Waals surface area contributed by atoms with E-state index in [0.29, 0.717) is 37.5 Å². The number of aryl methyl sites for hydroxylation is 1. The van der Waals surface area contributed by atoms with Gasteiger partial charge in [0.25, 0.3) is 0 Å². The molecule has 0 bridgehead atoms. The quantitative estimate of drug-likeness (QED) is 0.0358. The molecule has 0 amide bonds. The van der Waals surface area contributed by atoms with Gasteiger partial charge in [0.05, 0.1) is 66.5 Å². The predicted octanol–water partition coefficient (Wildman–Crippen LogP) is 7.62. The van der Waals surface area contributed by atoms with E-state index in [-0.39, 0.29) is 55.0 Å². The van der Waals surface area contributed by atoms with Crippen LogP contribution in [0.25, 0.3) is 10.9 Å². The molecule has 22 heteroatoms. The van der Waals surface area contributed by atoms with E-state index < -0.39 is 71.0 Å². The summed E-state index contributed by atoms with van der Waals surface area (Å²) in [7, 11) is 4.75. The summed E-state index contributed by atoms with van der Waals surface area (Å²) in [6.07, 6.45) is 1.69. The van der Waals surface area contributed by atoms with Gasteiger partial charge in [0, 0.05) is 54.8 Å². The number of pyridine rings is 1. The summed E-state index contributed by atoms with van der Waals surface area (Å²) >= 11 is 1.42. The van der Waals surface area contributed by atoms with Crippen molar-refractivity contribution in [1.82, 2.24) is 15.2 Å². The van der Waals surface area contributed by atoms with Gasteiger partial charge in [-0.15, -0.1) is 0 Å². The summed E-state index contributed by atoms with van der Waals surface area (Å²) in [4.78, 5) is 36.6. The van der Waals surface area contributed by atoms with E-state index >= 15 is 0 Å². The number of nitrogens with one attached hydrogen (secondary N) is 2. The Morgan fingerprint density at radius 2 is 1.45 bits per heavy atom. The molecule has 4 aliphatic heterocycles. The summed E-state index contributed by atoms with van der Waals surface area (Å²) in [5.41, 5.74) is -0.0627. The van der Waals surface area contributed by atoms with Gasteiger partial charge in [-0.05, 0) is 130 Å². The minimum absolute atomic E-state index is 0.0341. The van der Waals surface area contributed by atoms with Crippen LogP contribution in [0.3, 0.4) is 0 Å². The molecule has 82 heavy (non-hydrogen) atoms. The fraction of sp³-hybridized carbons (Fsp3) is 0.800. The van der Waals surface area contributed by atoms with Crippen molar-refractivity contribution in [3.63, 3.8) is 0 Å². The van der Waals surface area contributed by atoms with Crippen LogP contribution in [0.5, 0.6) is 0 Å². The Kier molecular flexibility index (Phi) is 45.5. The number of carbonyl (C=O) groups excluding carboxylic acids is 1. The molecule has 21 nitrogen and oxygen atoms in total. The highest BCUT2D eigenvalue weighted by atomic mass is 32.2. The lowest BCUT2D eigenvalue weighted by Crippen LogP contribution is -2.46. The van der Waals surface area contributed by atoms with Crippen LogP contribution in [0.1, 0.15) is 184 Å². The lowest BCUT2D eigenvalue weighted by atomic mass is 9.79. The van der Waals surface area contributed by atoms with Crippen LogP contribution in [0, 0.1) is 23.7 Å². The van der Waals surface area contributed by atoms with E-state index in [1.54, 1.807) is 25.3 Å². The summed E-state index contributed by atoms with van der Waals surface area (Å²) in [5, 5.41) is 95.5. The number of oxime groups is 1. The van der Waals surface area contributed by atoms with E-state index in [2.05, 4.69) is 28.8 Å². The Balaban J connectivity index is -0.00000117. The first-order chi connectivity index (χ1) is 38.8. The number of ether oxygens (including phenoxy) is 4. The standard InChI is InChI=1S/C26H36N2O7S.C17H31NO7.C6H12O2.C2H7N.4C2H6.CH4O/c1-15-10-21(29)34-16(2)24(15)35-36-9-8-27-7-5-6-17-11-18-14-33-26(3,4)28-13-20(25(31)32)23(30)19(12-17)22(18)28;1-9-5-6-13(20)17(4,23)7-10(2)14(18-24)11(3)15(21)12(19)8-25-16(9)22;1-5-2-3-6(7)4-8-5;1-3-2;5*1-2/h11-13,15-16,21,24,27,29H,5-10,14H2,1-4H3,(H,31,32);9-13,15,19-21,23-24H,5-8H2,1-4H3;5-7H,2-4H2,1H3;3H,1-2H3;4*1-2H3;2H,1H3/b;18-14+;;;;;;;/t15?,16?,21-,24-;9?,10-,11+,12?,13-,15-,17?;5-,6?;;;;;;/m111....../s1. The van der Waals surface area contributed by atoms with Gasteiger partial charge in [-0.25, -0.2) is 4.79 Å². The van der Waals surface area contributed by atoms with Crippen LogP contribution in [0.2, 0.25) is 0 Å². The van der Waals surface area contributed by atoms with Crippen molar-refractivity contribution >= 4 is 40.6 Å². The van der Waals surface area contributed by atoms with Gasteiger partial charge < -0.3 is 84.4 Å². The first-order valence-electron chi connectivity index (χ1n) is 29.7. The number of aromatic carboxylic acids is 1. The molecule has 0 radical (unpaired) electrons. The number of carboxylic acids is 1. The number of esters is 1. The molecule has 0 saturated carbocycles. The molecular formula is C60H114N4O17S. The van der Waals surface area contributed by atoms with E-state index in [9.17, 15) is 50.2 Å². The van der Waals surface area contributed by atoms with Crippen molar-refractivity contribution in [3.8, 4) is 0 Å². The van der Waals surface area contributed by atoms with Crippen molar-refractivity contribution < 1.29 is 78.8 Å². The Hall–Kier alpha value is -3.33. The number of rotatable bonds is 10. The molecule has 1 aromatic heterocycles. The molecule has 5 heterocycles. The molecule has 3 fully saturated rings. The molecule has 2 aromatic rings. The first-order valence-corrected chi connectivity index (χ1v) is 30.6. The molecule has 11 N–H and O–H groups in total. The number of carbonyl (C=O) groups is 2. The highest BCUT2D eigenvalue weighted by molar-refractivity contribution is 7.94. The van der Waals surface area contributed by atoms with Crippen LogP contribution in [0.15, 0.2) is 28.3 Å². The zero-order valence-corrected chi connectivity index (χ0v) is 54.5. The number of aromatic nitrogens is 1. The number of aliphatic hydroxyl groups is 7. The lowest BCUT2D eigenvalue weighted by Gasteiger charge is -2.36. The van der Waals surface area contributed by atoms with E-state index in [0.717, 1.165) is 68.3 Å². The van der Waals surface area contributed by atoms with Crippen LogP contribution in [-0.4, -0.2) is 176 Å². The zero-order chi connectivity index (χ0) is 64.1. The first kappa shape index (κ1) is 82.9. The third kappa shape index (κ3) is 28.2. The molecule has 0 spiro atoms. The minimum atomic E-state index is -1.47. The third-order valence-corrected chi connectivity index (χ3v) is 14.3. The monoisotopic (exact) mass is 1190 g/mol. The Bertz CT molecular complexity index is 2070. The number of carboxylic acid groups (broad SMARTS) is 1. The average molecular weight is 1200 g/mol. The van der Waals surface area contributed by atoms with Gasteiger partial charge in [-0.1, -0.05) is 94.3 Å². The van der Waals surface area contributed by atoms with E-state index in [4.69, 9.17) is 33.3 Å². The maximum Gasteiger partial charge on any atom is 0.341 e. The number of cyclic esters (lactones) is 1. The minimum Gasteiger partial charge on any atom is -0.477 e. The predicted molar refractivity (Wildman–Crippen MR) is 327 cm³/mol. The van der Waals surface area contributed by atoms with Crippen LogP contribution < -0.4 is 16.1 Å². The fourth-order valence-corrected chi connectivity index (χ4v) is 9.97. The van der Waals surface area contributed by atoms with E-state index in [1.807, 2.05) is 103 Å². The summed E-state index contributed by atoms with van der Waals surface area (Å²) in [5.74, 6) is -2.44. The highest BCUT2D eigenvalue weighted by Gasteiger charge is 2.39. The van der Waals surface area contributed by atoms with Crippen molar-refractivity contribution in [2.24, 2.45) is 28.8 Å². The van der Waals surface area contributed by atoms with Crippen LogP contribution in [-0.2, 0) is 46.7 Å². The van der Waals surface area contributed by atoms with Gasteiger partial charge in [0.1, 0.15) is 30.1 Å². The normalized spacial score (nSPS) is 29.0. The highest BCUT2D eigenvalue weighted by Crippen LogP contribution is 2.34. The molecule has 13 atom stereocenters. The molecule has 0 aliphatic carbocycles. The van der Waals surface area contributed by atoms with E-state index in [1.165, 1.54) is 25.2 Å². The van der Waals surface area contributed by atoms with Crippen molar-refractivity contribution in [1.29, 1.82) is 0 Å². The third-order valence-electron chi connectivity index (χ3n) is 13.5. The number of nitrogens with zero attached hydrogens (tertiary/aromatic N) is 2. The topological polar surface area (TPSA) is 321 Å². The Morgan fingerprint density at radius 1 is 0.854 bits per heavy atom. The molecule has 3 saturated heterocycles. The Morgan fingerprint density at radius 3 is 1.98 bits per heavy atom. The van der Waals surface area contributed by atoms with Crippen molar-refractivity contribution in [2.45, 2.75) is 236 Å². The summed E-state index contributed by atoms with van der Waals surface area (Å²) in [6, 6.07) is 3.89. The molecule has 6 rings (SSSR count). The molecule has 1 aromatic carbocycles. The number of hydrogen-bond donors (Lipinski definition) is 11. The van der Waals surface area contributed by atoms with Crippen LogP contribution >= 0.6 is 12.0 Å². The maximum atomic E-state index is 12.9. The largest absolute Gasteiger partial charge is 0.477 e. The van der Waals surface area contributed by atoms with Gasteiger partial charge in [0.2, 0.25) is 5.43 Å². The molecular weight excluding hydrogens is 1080 g/mol. The Labute approximate surface area is 496 Å². The van der Waals surface area contributed by atoms with Crippen LogP contribution in [0.4, 0.5) is 0 Å². The number of benzene rings is 1. The zero-order valence-electron chi connectivity index (χ0n) is 53.7. The maximum absolute atomic E-state index is 12.9. The number of hydrogen-bond acceptors (Lipinski definition) is 20. The summed E-state index contributed by atoms with van der Waals surface area (Å²) in [6.45, 7) is 34.3. The van der Waals surface area contributed by atoms with Crippen molar-refractivity contribution in [2.75, 3.05) is 53.3 Å². The second-order valence-electron chi connectivity index (χ2n) is 20.5. The van der Waals surface area contributed by atoms with Crippen molar-refractivity contribution in [3.05, 3.63) is 45.2 Å². The molecule has 6 unspecified atom stereocenters. The number of aliphatic hydroxyl groups excluding tert-OH is 6. The lowest BCUT2D eigenvalue weighted by molar-refractivity contribution is -0.202. The fourth-order valence-electron chi connectivity index (χ4n) is 9.14. The molecule has 4 aliphatic rings.